The summed E-state index contributed by atoms with van der Waals surface area (Å²) in [4.78, 5) is 2.25. The molecular weight excluding hydrogens is 488 g/mol. The summed E-state index contributed by atoms with van der Waals surface area (Å²) >= 11 is 12.7. The van der Waals surface area contributed by atoms with Gasteiger partial charge in [0.05, 0.1) is 6.67 Å². The second-order valence-corrected chi connectivity index (χ2v) is 9.69. The van der Waals surface area contributed by atoms with E-state index in [-0.39, 0.29) is 18.5 Å². The molecule has 2 heterocycles. The first-order valence-electron chi connectivity index (χ1n) is 11.7. The van der Waals surface area contributed by atoms with E-state index in [9.17, 15) is 9.50 Å². The molecule has 1 N–H and O–H groups in total. The molecule has 0 radical (unpaired) electrons. The van der Waals surface area contributed by atoms with Gasteiger partial charge < -0.3 is 14.6 Å². The number of likely N-dealkylation sites (tertiary alicyclic amines) is 1. The molecule has 7 heteroatoms. The van der Waals surface area contributed by atoms with Crippen LogP contribution in [0.1, 0.15) is 29.5 Å². The number of rotatable bonds is 7. The summed E-state index contributed by atoms with van der Waals surface area (Å²) in [5, 5.41) is 11.1. The number of nitrogens with zero attached hydrogens (tertiary/aromatic N) is 1. The largest absolute Gasteiger partial charge is 0.508 e. The summed E-state index contributed by atoms with van der Waals surface area (Å²) in [5.74, 6) is 1.57. The van der Waals surface area contributed by atoms with Crippen LogP contribution in [0.3, 0.4) is 0 Å². The Morgan fingerprint density at radius 3 is 2.60 bits per heavy atom. The van der Waals surface area contributed by atoms with Crippen molar-refractivity contribution in [1.29, 1.82) is 0 Å². The molecule has 1 fully saturated rings. The second kappa shape index (κ2) is 10.5. The van der Waals surface area contributed by atoms with Gasteiger partial charge in [-0.25, -0.2) is 0 Å². The highest BCUT2D eigenvalue weighted by atomic mass is 35.5. The Morgan fingerprint density at radius 2 is 1.83 bits per heavy atom. The molecule has 5 rings (SSSR count). The van der Waals surface area contributed by atoms with Crippen molar-refractivity contribution in [3.8, 4) is 17.2 Å². The van der Waals surface area contributed by atoms with E-state index in [1.807, 2.05) is 42.5 Å². The van der Waals surface area contributed by atoms with Crippen LogP contribution in [0.4, 0.5) is 4.39 Å². The molecule has 0 amide bonds. The third-order valence-electron chi connectivity index (χ3n) is 6.45. The summed E-state index contributed by atoms with van der Waals surface area (Å²) in [7, 11) is 0. The van der Waals surface area contributed by atoms with E-state index in [1.165, 1.54) is 0 Å². The number of aromatic hydroxyl groups is 1. The van der Waals surface area contributed by atoms with Crippen molar-refractivity contribution in [3.05, 3.63) is 87.4 Å². The molecule has 0 aromatic heterocycles. The summed E-state index contributed by atoms with van der Waals surface area (Å²) in [6.07, 6.45) is 1.61. The number of fused-ring (bicyclic) bond motifs is 1. The van der Waals surface area contributed by atoms with Gasteiger partial charge in [-0.15, -0.1) is 0 Å². The monoisotopic (exact) mass is 513 g/mol. The van der Waals surface area contributed by atoms with Gasteiger partial charge in [0.25, 0.3) is 0 Å². The summed E-state index contributed by atoms with van der Waals surface area (Å²) in [5.41, 5.74) is 4.65. The van der Waals surface area contributed by atoms with Crippen LogP contribution in [0.2, 0.25) is 10.0 Å². The highest BCUT2D eigenvalue weighted by molar-refractivity contribution is 6.36. The van der Waals surface area contributed by atoms with Gasteiger partial charge in [0.2, 0.25) is 0 Å². The zero-order valence-electron chi connectivity index (χ0n) is 19.1. The van der Waals surface area contributed by atoms with E-state index in [4.69, 9.17) is 32.7 Å². The van der Waals surface area contributed by atoms with E-state index in [1.54, 1.807) is 18.2 Å². The molecule has 4 nitrogen and oxygen atoms in total. The number of hydrogen-bond acceptors (Lipinski definition) is 4. The first-order valence-corrected chi connectivity index (χ1v) is 12.5. The molecule has 0 saturated carbocycles. The van der Waals surface area contributed by atoms with Gasteiger partial charge in [-0.3, -0.25) is 9.29 Å². The minimum Gasteiger partial charge on any atom is -0.508 e. The average Bonchev–Trinajstić information content (AvgIpc) is 3.30. The molecule has 182 valence electrons. The first kappa shape index (κ1) is 24.0. The zero-order valence-corrected chi connectivity index (χ0v) is 20.7. The predicted molar refractivity (Wildman–Crippen MR) is 138 cm³/mol. The number of hydrogen-bond donors (Lipinski definition) is 1. The van der Waals surface area contributed by atoms with Crippen LogP contribution in [0, 0.1) is 0 Å². The quantitative estimate of drug-likeness (QED) is 0.374. The van der Waals surface area contributed by atoms with Gasteiger partial charge in [0.1, 0.15) is 30.0 Å². The fourth-order valence-electron chi connectivity index (χ4n) is 4.77. The topological polar surface area (TPSA) is 41.9 Å². The molecule has 0 spiro atoms. The molecular formula is C28H26Cl2FNO3. The fraction of sp³-hybridized carbons (Fsp3) is 0.286. The van der Waals surface area contributed by atoms with Crippen molar-refractivity contribution >= 4 is 34.3 Å². The van der Waals surface area contributed by atoms with Gasteiger partial charge >= 0.3 is 0 Å². The molecule has 1 saturated heterocycles. The van der Waals surface area contributed by atoms with E-state index in [0.29, 0.717) is 28.8 Å². The van der Waals surface area contributed by atoms with Gasteiger partial charge in [-0.1, -0.05) is 41.4 Å². The SMILES string of the molecule is Oc1ccc2c(c1)OCC(c1ccc(Cl)cc1Cl)=C2c1ccc(O[C@H]2CCN(CCCF)C2)cc1. The minimum absolute atomic E-state index is 0.106. The number of phenols is 1. The smallest absolute Gasteiger partial charge is 0.131 e. The summed E-state index contributed by atoms with van der Waals surface area (Å²) < 4.78 is 24.7. The van der Waals surface area contributed by atoms with Crippen molar-refractivity contribution in [3.63, 3.8) is 0 Å². The Balaban J connectivity index is 1.46. The van der Waals surface area contributed by atoms with Crippen molar-refractivity contribution < 1.29 is 19.0 Å². The first-order chi connectivity index (χ1) is 17.0. The van der Waals surface area contributed by atoms with Crippen LogP contribution in [0.5, 0.6) is 17.2 Å². The molecule has 3 aromatic carbocycles. The highest BCUT2D eigenvalue weighted by Gasteiger charge is 2.26. The number of benzene rings is 3. The Kier molecular flexibility index (Phi) is 7.19. The standard InChI is InChI=1S/C28H26Cl2FNO3/c29-19-4-8-23(26(30)14-19)25-17-34-27-15-20(33)5-9-24(27)28(25)18-2-6-21(7-3-18)35-22-10-13-32(16-22)12-1-11-31/h2-9,14-15,22,33H,1,10-13,16-17H2/t22-/m0/s1. The molecule has 1 atom stereocenters. The highest BCUT2D eigenvalue weighted by Crippen LogP contribution is 2.44. The maximum Gasteiger partial charge on any atom is 0.131 e. The average molecular weight is 514 g/mol. The normalized spacial score (nSPS) is 17.9. The second-order valence-electron chi connectivity index (χ2n) is 8.84. The lowest BCUT2D eigenvalue weighted by Gasteiger charge is -2.26. The van der Waals surface area contributed by atoms with E-state index in [2.05, 4.69) is 4.90 Å². The van der Waals surface area contributed by atoms with Crippen LogP contribution < -0.4 is 9.47 Å². The third-order valence-corrected chi connectivity index (χ3v) is 7.00. The Morgan fingerprint density at radius 1 is 1.03 bits per heavy atom. The molecule has 2 aliphatic rings. The lowest BCUT2D eigenvalue weighted by molar-refractivity contribution is 0.198. The number of alkyl halides is 1. The van der Waals surface area contributed by atoms with Crippen LogP contribution in [-0.2, 0) is 0 Å². The van der Waals surface area contributed by atoms with Crippen LogP contribution in [0.25, 0.3) is 11.1 Å². The lowest BCUT2D eigenvalue weighted by atomic mass is 9.87. The van der Waals surface area contributed by atoms with E-state index >= 15 is 0 Å². The van der Waals surface area contributed by atoms with Crippen molar-refractivity contribution in [1.82, 2.24) is 4.90 Å². The minimum atomic E-state index is -0.281. The van der Waals surface area contributed by atoms with E-state index < -0.39 is 0 Å². The number of phenolic OH excluding ortho intramolecular Hbond substituents is 1. The van der Waals surface area contributed by atoms with Gasteiger partial charge in [0, 0.05) is 52.4 Å². The maximum absolute atomic E-state index is 12.5. The third kappa shape index (κ3) is 5.27. The molecule has 2 aliphatic heterocycles. The number of halogens is 3. The Hall–Kier alpha value is -2.73. The van der Waals surface area contributed by atoms with Crippen LogP contribution in [-0.4, -0.2) is 49.0 Å². The van der Waals surface area contributed by atoms with E-state index in [0.717, 1.165) is 59.6 Å². The zero-order chi connectivity index (χ0) is 24.4. The van der Waals surface area contributed by atoms with Crippen molar-refractivity contribution in [2.24, 2.45) is 0 Å². The molecule has 0 unspecified atom stereocenters. The van der Waals surface area contributed by atoms with Crippen LogP contribution in [0.15, 0.2) is 60.7 Å². The lowest BCUT2D eigenvalue weighted by Crippen LogP contribution is -2.26. The summed E-state index contributed by atoms with van der Waals surface area (Å²) in [6.45, 7) is 2.56. The van der Waals surface area contributed by atoms with Crippen molar-refractivity contribution in [2.75, 3.05) is 32.9 Å². The Bertz CT molecular complexity index is 1250. The van der Waals surface area contributed by atoms with Crippen LogP contribution >= 0.6 is 23.2 Å². The fourth-order valence-corrected chi connectivity index (χ4v) is 5.29. The summed E-state index contributed by atoms with van der Waals surface area (Å²) in [6, 6.07) is 18.6. The maximum atomic E-state index is 12.5. The van der Waals surface area contributed by atoms with Gasteiger partial charge in [-0.05, 0) is 60.4 Å². The molecule has 0 aliphatic carbocycles. The molecule has 35 heavy (non-hydrogen) atoms. The molecule has 3 aromatic rings. The Labute approximate surface area is 214 Å². The van der Waals surface area contributed by atoms with Crippen molar-refractivity contribution in [2.45, 2.75) is 18.9 Å². The molecule has 0 bridgehead atoms. The van der Waals surface area contributed by atoms with Gasteiger partial charge in [0.15, 0.2) is 0 Å². The van der Waals surface area contributed by atoms with Gasteiger partial charge in [-0.2, -0.15) is 0 Å². The number of ether oxygens (including phenoxy) is 2. The predicted octanol–water partition coefficient (Wildman–Crippen LogP) is 6.86.